The second-order valence-corrected chi connectivity index (χ2v) is 3.08. The molecule has 0 aromatic heterocycles. The zero-order chi connectivity index (χ0) is 8.55. The van der Waals surface area contributed by atoms with Crippen molar-refractivity contribution in [1.29, 1.82) is 0 Å². The van der Waals surface area contributed by atoms with Gasteiger partial charge in [0, 0.05) is 23.8 Å². The van der Waals surface area contributed by atoms with Crippen LogP contribution < -0.4 is 11.1 Å². The third-order valence-electron chi connectivity index (χ3n) is 2.25. The van der Waals surface area contributed by atoms with E-state index < -0.39 is 0 Å². The summed E-state index contributed by atoms with van der Waals surface area (Å²) in [6.07, 6.45) is 0.832. The molecule has 1 unspecified atom stereocenters. The zero-order valence-corrected chi connectivity index (χ0v) is 6.75. The summed E-state index contributed by atoms with van der Waals surface area (Å²) in [6.45, 7) is 0.605. The van der Waals surface area contributed by atoms with Crippen LogP contribution in [0.25, 0.3) is 0 Å². The summed E-state index contributed by atoms with van der Waals surface area (Å²) in [5.74, 6) is 0.371. The summed E-state index contributed by atoms with van der Waals surface area (Å²) in [5, 5.41) is 12.7. The van der Waals surface area contributed by atoms with Crippen molar-refractivity contribution < 1.29 is 5.11 Å². The highest BCUT2D eigenvalue weighted by atomic mass is 16.3. The highest BCUT2D eigenvalue weighted by Crippen LogP contribution is 2.32. The molecule has 0 fully saturated rings. The van der Waals surface area contributed by atoms with E-state index in [1.54, 1.807) is 6.07 Å². The van der Waals surface area contributed by atoms with Crippen molar-refractivity contribution in [1.82, 2.24) is 0 Å². The predicted molar refractivity (Wildman–Crippen MR) is 48.3 cm³/mol. The Morgan fingerprint density at radius 1 is 1.58 bits per heavy atom. The van der Waals surface area contributed by atoms with Gasteiger partial charge in [0.25, 0.3) is 0 Å². The van der Waals surface area contributed by atoms with Crippen molar-refractivity contribution in [2.24, 2.45) is 5.73 Å². The standard InChI is InChI=1S/C9H12N2O/c10-5-6-4-7-8(11-6)2-1-3-9(7)12/h1-3,6,11-12H,4-5,10H2. The Bertz CT molecular complexity index is 299. The molecule has 0 bridgehead atoms. The van der Waals surface area contributed by atoms with E-state index in [4.69, 9.17) is 5.73 Å². The molecule has 0 saturated heterocycles. The SMILES string of the molecule is NCC1Cc2c(O)cccc2N1. The number of fused-ring (bicyclic) bond motifs is 1. The number of rotatable bonds is 1. The minimum atomic E-state index is 0.285. The monoisotopic (exact) mass is 164 g/mol. The number of phenolic OH excluding ortho intramolecular Hbond substituents is 1. The second-order valence-electron chi connectivity index (χ2n) is 3.08. The van der Waals surface area contributed by atoms with Crippen molar-refractivity contribution in [3.63, 3.8) is 0 Å². The maximum absolute atomic E-state index is 9.46. The molecule has 1 aliphatic rings. The van der Waals surface area contributed by atoms with Gasteiger partial charge in [-0.25, -0.2) is 0 Å². The van der Waals surface area contributed by atoms with Crippen LogP contribution in [0.15, 0.2) is 18.2 Å². The summed E-state index contributed by atoms with van der Waals surface area (Å²) in [4.78, 5) is 0. The molecule has 0 aliphatic carbocycles. The molecule has 2 rings (SSSR count). The lowest BCUT2D eigenvalue weighted by molar-refractivity contribution is 0.469. The van der Waals surface area contributed by atoms with Gasteiger partial charge in [0.1, 0.15) is 5.75 Å². The van der Waals surface area contributed by atoms with Gasteiger partial charge in [-0.2, -0.15) is 0 Å². The Balaban J connectivity index is 2.35. The maximum Gasteiger partial charge on any atom is 0.120 e. The highest BCUT2D eigenvalue weighted by molar-refractivity contribution is 5.61. The molecule has 64 valence electrons. The molecule has 0 amide bonds. The Kier molecular flexibility index (Phi) is 1.66. The molecule has 1 atom stereocenters. The lowest BCUT2D eigenvalue weighted by atomic mass is 10.1. The van der Waals surface area contributed by atoms with E-state index in [0.717, 1.165) is 17.7 Å². The van der Waals surface area contributed by atoms with Crippen molar-refractivity contribution in [2.45, 2.75) is 12.5 Å². The molecule has 0 spiro atoms. The van der Waals surface area contributed by atoms with Gasteiger partial charge >= 0.3 is 0 Å². The average Bonchev–Trinajstić information content (AvgIpc) is 2.49. The van der Waals surface area contributed by atoms with Crippen LogP contribution in [0.4, 0.5) is 5.69 Å². The van der Waals surface area contributed by atoms with Crippen molar-refractivity contribution in [3.05, 3.63) is 23.8 Å². The van der Waals surface area contributed by atoms with Crippen LogP contribution in [0, 0.1) is 0 Å². The molecule has 4 N–H and O–H groups in total. The van der Waals surface area contributed by atoms with Crippen LogP contribution in [0.5, 0.6) is 5.75 Å². The number of phenols is 1. The molecule has 1 aliphatic heterocycles. The van der Waals surface area contributed by atoms with Gasteiger partial charge in [0.05, 0.1) is 0 Å². The van der Waals surface area contributed by atoms with Crippen LogP contribution in [-0.4, -0.2) is 17.7 Å². The van der Waals surface area contributed by atoms with Crippen LogP contribution in [-0.2, 0) is 6.42 Å². The van der Waals surface area contributed by atoms with Gasteiger partial charge in [-0.1, -0.05) is 6.07 Å². The Labute approximate surface area is 71.2 Å². The number of hydrogen-bond acceptors (Lipinski definition) is 3. The lowest BCUT2D eigenvalue weighted by Gasteiger charge is -2.05. The normalized spacial score (nSPS) is 20.2. The first kappa shape index (κ1) is 7.43. The van der Waals surface area contributed by atoms with Gasteiger partial charge in [-0.3, -0.25) is 0 Å². The fourth-order valence-electron chi connectivity index (χ4n) is 1.58. The summed E-state index contributed by atoms with van der Waals surface area (Å²) in [7, 11) is 0. The third kappa shape index (κ3) is 1.02. The molecule has 1 aromatic rings. The molecule has 3 heteroatoms. The number of nitrogens with one attached hydrogen (secondary N) is 1. The molecule has 1 aromatic carbocycles. The van der Waals surface area contributed by atoms with E-state index in [0.29, 0.717) is 12.3 Å². The predicted octanol–water partition coefficient (Wildman–Crippen LogP) is 0.688. The fraction of sp³-hybridized carbons (Fsp3) is 0.333. The summed E-state index contributed by atoms with van der Waals surface area (Å²) in [6, 6.07) is 5.79. The first-order valence-electron chi connectivity index (χ1n) is 4.08. The minimum Gasteiger partial charge on any atom is -0.508 e. The van der Waals surface area contributed by atoms with Crippen LogP contribution >= 0.6 is 0 Å². The van der Waals surface area contributed by atoms with Crippen LogP contribution in [0.3, 0.4) is 0 Å². The number of anilines is 1. The number of aromatic hydroxyl groups is 1. The van der Waals surface area contributed by atoms with Crippen molar-refractivity contribution in [2.75, 3.05) is 11.9 Å². The molecule has 1 heterocycles. The molecule has 0 saturated carbocycles. The van der Waals surface area contributed by atoms with Gasteiger partial charge in [-0.05, 0) is 18.6 Å². The van der Waals surface area contributed by atoms with Crippen molar-refractivity contribution in [3.8, 4) is 5.75 Å². The van der Waals surface area contributed by atoms with Gasteiger partial charge in [0.15, 0.2) is 0 Å². The first-order chi connectivity index (χ1) is 5.81. The van der Waals surface area contributed by atoms with Crippen LogP contribution in [0.2, 0.25) is 0 Å². The molecular weight excluding hydrogens is 152 g/mol. The molecule has 3 nitrogen and oxygen atoms in total. The van der Waals surface area contributed by atoms with Gasteiger partial charge in [0.2, 0.25) is 0 Å². The smallest absolute Gasteiger partial charge is 0.120 e. The zero-order valence-electron chi connectivity index (χ0n) is 6.75. The molecule has 0 radical (unpaired) electrons. The highest BCUT2D eigenvalue weighted by Gasteiger charge is 2.21. The van der Waals surface area contributed by atoms with Crippen LogP contribution in [0.1, 0.15) is 5.56 Å². The van der Waals surface area contributed by atoms with E-state index in [-0.39, 0.29) is 6.04 Å². The van der Waals surface area contributed by atoms with E-state index in [1.165, 1.54) is 0 Å². The Hall–Kier alpha value is -1.22. The van der Waals surface area contributed by atoms with E-state index in [1.807, 2.05) is 12.1 Å². The maximum atomic E-state index is 9.46. The second kappa shape index (κ2) is 2.68. The fourth-order valence-corrected chi connectivity index (χ4v) is 1.58. The summed E-state index contributed by atoms with van der Waals surface area (Å²) >= 11 is 0. The largest absolute Gasteiger partial charge is 0.508 e. The van der Waals surface area contributed by atoms with E-state index in [2.05, 4.69) is 5.32 Å². The summed E-state index contributed by atoms with van der Waals surface area (Å²) in [5.41, 5.74) is 7.53. The topological polar surface area (TPSA) is 58.3 Å². The number of benzene rings is 1. The first-order valence-corrected chi connectivity index (χ1v) is 4.08. The number of nitrogens with two attached hydrogens (primary N) is 1. The van der Waals surface area contributed by atoms with Crippen molar-refractivity contribution >= 4 is 5.69 Å². The Morgan fingerprint density at radius 2 is 2.42 bits per heavy atom. The Morgan fingerprint density at radius 3 is 3.08 bits per heavy atom. The van der Waals surface area contributed by atoms with E-state index in [9.17, 15) is 5.11 Å². The minimum absolute atomic E-state index is 0.285. The quantitative estimate of drug-likeness (QED) is 0.572. The lowest BCUT2D eigenvalue weighted by Crippen LogP contribution is -2.25. The molecular formula is C9H12N2O. The summed E-state index contributed by atoms with van der Waals surface area (Å²) < 4.78 is 0. The average molecular weight is 164 g/mol. The van der Waals surface area contributed by atoms with E-state index >= 15 is 0 Å². The molecule has 12 heavy (non-hydrogen) atoms. The van der Waals surface area contributed by atoms with Gasteiger partial charge < -0.3 is 16.2 Å². The van der Waals surface area contributed by atoms with Gasteiger partial charge in [-0.15, -0.1) is 0 Å². The number of hydrogen-bond donors (Lipinski definition) is 3. The third-order valence-corrected chi connectivity index (χ3v) is 2.25.